The Hall–Kier alpha value is -0.460. The summed E-state index contributed by atoms with van der Waals surface area (Å²) in [6.45, 7) is 7.25. The molecule has 1 aliphatic rings. The molecule has 2 heterocycles. The van der Waals surface area contributed by atoms with Gasteiger partial charge in [-0.1, -0.05) is 13.0 Å². The molecule has 2 rings (SSSR count). The van der Waals surface area contributed by atoms with E-state index in [1.54, 1.807) is 11.3 Å². The van der Waals surface area contributed by atoms with Crippen LogP contribution in [0.2, 0.25) is 0 Å². The van der Waals surface area contributed by atoms with E-state index in [-0.39, 0.29) is 0 Å². The zero-order valence-electron chi connectivity index (χ0n) is 13.2. The molecule has 0 bridgehead atoms. The summed E-state index contributed by atoms with van der Waals surface area (Å²) in [6, 6.07) is 4.07. The first-order chi connectivity index (χ1) is 10.1. The lowest BCUT2D eigenvalue weighted by Gasteiger charge is -2.38. The maximum absolute atomic E-state index is 9.94. The number of hydrogen-bond donors (Lipinski definition) is 2. The molecule has 1 unspecified atom stereocenters. The first-order valence-corrected chi connectivity index (χ1v) is 8.63. The van der Waals surface area contributed by atoms with Crippen molar-refractivity contribution in [1.29, 1.82) is 0 Å². The van der Waals surface area contributed by atoms with Crippen molar-refractivity contribution in [2.24, 2.45) is 5.41 Å². The van der Waals surface area contributed by atoms with Crippen LogP contribution >= 0.6 is 11.3 Å². The van der Waals surface area contributed by atoms with E-state index in [0.717, 1.165) is 6.54 Å². The second-order valence-electron chi connectivity index (χ2n) is 6.49. The molecule has 0 aromatic carbocycles. The monoisotopic (exact) mass is 312 g/mol. The number of piperidine rings is 1. The summed E-state index contributed by atoms with van der Waals surface area (Å²) in [7, 11) is 2.18. The van der Waals surface area contributed by atoms with Crippen LogP contribution < -0.4 is 5.32 Å². The topological polar surface area (TPSA) is 44.7 Å². The SMILES string of the molecule is CN1CCC(C)(CNCC(O)COCc2cccs2)CC1. The van der Waals surface area contributed by atoms with Gasteiger partial charge < -0.3 is 20.1 Å². The summed E-state index contributed by atoms with van der Waals surface area (Å²) in [4.78, 5) is 3.59. The van der Waals surface area contributed by atoms with E-state index in [1.165, 1.54) is 30.8 Å². The Labute approximate surface area is 132 Å². The lowest BCUT2D eigenvalue weighted by Crippen LogP contribution is -2.43. The Morgan fingerprint density at radius 2 is 2.24 bits per heavy atom. The van der Waals surface area contributed by atoms with Crippen molar-refractivity contribution >= 4 is 11.3 Å². The standard InChI is InChI=1S/C16H28N2O2S/c1-16(5-7-18(2)8-6-16)13-17-10-14(19)11-20-12-15-4-3-9-21-15/h3-4,9,14,17,19H,5-8,10-13H2,1-2H3. The molecule has 1 aromatic rings. The normalized spacial score (nSPS) is 20.5. The van der Waals surface area contributed by atoms with Gasteiger partial charge in [0.1, 0.15) is 0 Å². The minimum absolute atomic E-state index is 0.365. The fourth-order valence-electron chi connectivity index (χ4n) is 2.62. The molecule has 4 nitrogen and oxygen atoms in total. The van der Waals surface area contributed by atoms with Crippen LogP contribution in [0, 0.1) is 5.41 Å². The van der Waals surface area contributed by atoms with Gasteiger partial charge in [0.2, 0.25) is 0 Å². The lowest BCUT2D eigenvalue weighted by molar-refractivity contribution is 0.0275. The van der Waals surface area contributed by atoms with Gasteiger partial charge in [-0.15, -0.1) is 11.3 Å². The number of likely N-dealkylation sites (tertiary alicyclic amines) is 1. The van der Waals surface area contributed by atoms with Crippen molar-refractivity contribution in [3.8, 4) is 0 Å². The molecule has 0 saturated carbocycles. The molecule has 5 heteroatoms. The third-order valence-corrected chi connectivity index (χ3v) is 5.11. The van der Waals surface area contributed by atoms with Crippen molar-refractivity contribution in [1.82, 2.24) is 10.2 Å². The number of aliphatic hydroxyl groups is 1. The maximum Gasteiger partial charge on any atom is 0.0897 e. The molecule has 1 saturated heterocycles. The molecular formula is C16H28N2O2S. The number of thiophene rings is 1. The first-order valence-electron chi connectivity index (χ1n) is 7.75. The van der Waals surface area contributed by atoms with Gasteiger partial charge in [-0.3, -0.25) is 0 Å². The van der Waals surface area contributed by atoms with E-state index < -0.39 is 6.10 Å². The molecular weight excluding hydrogens is 284 g/mol. The molecule has 1 atom stereocenters. The number of nitrogens with zero attached hydrogens (tertiary/aromatic N) is 1. The van der Waals surface area contributed by atoms with E-state index in [4.69, 9.17) is 4.74 Å². The zero-order chi connectivity index (χ0) is 15.1. The van der Waals surface area contributed by atoms with Crippen molar-refractivity contribution in [3.63, 3.8) is 0 Å². The van der Waals surface area contributed by atoms with Gasteiger partial charge >= 0.3 is 0 Å². The Morgan fingerprint density at radius 1 is 1.48 bits per heavy atom. The van der Waals surface area contributed by atoms with Crippen LogP contribution in [0.4, 0.5) is 0 Å². The predicted molar refractivity (Wildman–Crippen MR) is 87.7 cm³/mol. The smallest absolute Gasteiger partial charge is 0.0897 e. The van der Waals surface area contributed by atoms with Gasteiger partial charge in [-0.05, 0) is 49.8 Å². The molecule has 1 aliphatic heterocycles. The molecule has 1 fully saturated rings. The fourth-order valence-corrected chi connectivity index (χ4v) is 3.27. The average molecular weight is 312 g/mol. The minimum Gasteiger partial charge on any atom is -0.389 e. The van der Waals surface area contributed by atoms with Gasteiger partial charge in [0.25, 0.3) is 0 Å². The number of rotatable bonds is 8. The number of aliphatic hydroxyl groups excluding tert-OH is 1. The molecule has 120 valence electrons. The minimum atomic E-state index is -0.431. The van der Waals surface area contributed by atoms with Crippen LogP contribution in [0.15, 0.2) is 17.5 Å². The lowest BCUT2D eigenvalue weighted by atomic mass is 9.80. The van der Waals surface area contributed by atoms with Gasteiger partial charge in [0.15, 0.2) is 0 Å². The van der Waals surface area contributed by atoms with Gasteiger partial charge in [-0.2, -0.15) is 0 Å². The van der Waals surface area contributed by atoms with Crippen molar-refractivity contribution in [2.75, 3.05) is 39.8 Å². The van der Waals surface area contributed by atoms with Gasteiger partial charge in [0, 0.05) is 18.0 Å². The van der Waals surface area contributed by atoms with Crippen LogP contribution in [0.3, 0.4) is 0 Å². The van der Waals surface area contributed by atoms with Crippen molar-refractivity contribution < 1.29 is 9.84 Å². The molecule has 2 N–H and O–H groups in total. The summed E-state index contributed by atoms with van der Waals surface area (Å²) in [6.07, 6.45) is 2.02. The van der Waals surface area contributed by atoms with E-state index >= 15 is 0 Å². The highest BCUT2D eigenvalue weighted by atomic mass is 32.1. The molecule has 21 heavy (non-hydrogen) atoms. The number of nitrogens with one attached hydrogen (secondary N) is 1. The molecule has 0 spiro atoms. The predicted octanol–water partition coefficient (Wildman–Crippen LogP) is 1.95. The summed E-state index contributed by atoms with van der Waals surface area (Å²) in [5.41, 5.74) is 0.365. The molecule has 0 amide bonds. The second kappa shape index (κ2) is 8.25. The average Bonchev–Trinajstić information content (AvgIpc) is 2.96. The Kier molecular flexibility index (Phi) is 6.64. The van der Waals surface area contributed by atoms with Gasteiger partial charge in [-0.25, -0.2) is 0 Å². The Morgan fingerprint density at radius 3 is 2.90 bits per heavy atom. The largest absolute Gasteiger partial charge is 0.389 e. The van der Waals surface area contributed by atoms with Crippen LogP contribution in [0.25, 0.3) is 0 Å². The first kappa shape index (κ1) is 16.9. The van der Waals surface area contributed by atoms with Crippen LogP contribution in [0.5, 0.6) is 0 Å². The van der Waals surface area contributed by atoms with Crippen molar-refractivity contribution in [3.05, 3.63) is 22.4 Å². The van der Waals surface area contributed by atoms with E-state index in [9.17, 15) is 5.11 Å². The fraction of sp³-hybridized carbons (Fsp3) is 0.750. The van der Waals surface area contributed by atoms with Gasteiger partial charge in [0.05, 0.1) is 19.3 Å². The highest BCUT2D eigenvalue weighted by Gasteiger charge is 2.28. The van der Waals surface area contributed by atoms with E-state index in [2.05, 4.69) is 30.3 Å². The zero-order valence-corrected chi connectivity index (χ0v) is 14.0. The Bertz CT molecular complexity index is 389. The molecule has 0 aliphatic carbocycles. The summed E-state index contributed by atoms with van der Waals surface area (Å²) in [5, 5.41) is 15.4. The maximum atomic E-state index is 9.94. The third-order valence-electron chi connectivity index (χ3n) is 4.26. The highest BCUT2D eigenvalue weighted by molar-refractivity contribution is 7.09. The second-order valence-corrected chi connectivity index (χ2v) is 7.53. The quantitative estimate of drug-likeness (QED) is 0.770. The van der Waals surface area contributed by atoms with Crippen molar-refractivity contribution in [2.45, 2.75) is 32.5 Å². The molecule has 1 aromatic heterocycles. The number of ether oxygens (including phenoxy) is 1. The summed E-state index contributed by atoms with van der Waals surface area (Å²) >= 11 is 1.68. The van der Waals surface area contributed by atoms with Crippen LogP contribution in [-0.2, 0) is 11.3 Å². The Balaban J connectivity index is 1.55. The summed E-state index contributed by atoms with van der Waals surface area (Å²) in [5.74, 6) is 0. The van der Waals surface area contributed by atoms with Crippen LogP contribution in [-0.4, -0.2) is 55.9 Å². The highest BCUT2D eigenvalue weighted by Crippen LogP contribution is 2.29. The van der Waals surface area contributed by atoms with Crippen LogP contribution in [0.1, 0.15) is 24.6 Å². The number of hydrogen-bond acceptors (Lipinski definition) is 5. The molecule has 0 radical (unpaired) electrons. The van der Waals surface area contributed by atoms with E-state index in [1.807, 2.05) is 11.4 Å². The summed E-state index contributed by atoms with van der Waals surface area (Å²) < 4.78 is 5.54. The van der Waals surface area contributed by atoms with E-state index in [0.29, 0.717) is 25.2 Å². The third kappa shape index (κ3) is 6.04.